The first-order chi connectivity index (χ1) is 13.3. The van der Waals surface area contributed by atoms with Crippen molar-refractivity contribution >= 4 is 23.5 Å². The first kappa shape index (κ1) is 21.9. The van der Waals surface area contributed by atoms with E-state index in [0.717, 1.165) is 16.2 Å². The molecule has 0 aliphatic carbocycles. The van der Waals surface area contributed by atoms with Crippen LogP contribution in [0.2, 0.25) is 0 Å². The van der Waals surface area contributed by atoms with E-state index in [9.17, 15) is 14.4 Å². The number of benzene rings is 1. The Hall–Kier alpha value is -2.41. The van der Waals surface area contributed by atoms with E-state index >= 15 is 0 Å². The molecule has 28 heavy (non-hydrogen) atoms. The van der Waals surface area contributed by atoms with Crippen molar-refractivity contribution in [3.63, 3.8) is 0 Å². The van der Waals surface area contributed by atoms with Crippen LogP contribution in [-0.4, -0.2) is 62.0 Å². The molecule has 0 saturated carbocycles. The monoisotopic (exact) mass is 390 g/mol. The minimum Gasteiger partial charge on any atom is -0.466 e. The minimum atomic E-state index is -0.331. The van der Waals surface area contributed by atoms with Gasteiger partial charge in [-0.1, -0.05) is 17.7 Å². The van der Waals surface area contributed by atoms with E-state index in [2.05, 4.69) is 5.32 Å². The summed E-state index contributed by atoms with van der Waals surface area (Å²) in [7, 11) is 1.85. The number of aryl methyl sites for hydroxylation is 1. The number of piperidine rings is 1. The van der Waals surface area contributed by atoms with E-state index in [0.29, 0.717) is 32.5 Å². The zero-order valence-corrected chi connectivity index (χ0v) is 17.3. The highest BCUT2D eigenvalue weighted by molar-refractivity contribution is 5.91. The molecular formula is C21H32N3O4+. The van der Waals surface area contributed by atoms with Gasteiger partial charge in [-0.2, -0.15) is 0 Å². The molecule has 0 radical (unpaired) electrons. The maximum absolute atomic E-state index is 12.8. The van der Waals surface area contributed by atoms with Gasteiger partial charge in [-0.15, -0.1) is 0 Å². The highest BCUT2D eigenvalue weighted by Gasteiger charge is 2.33. The van der Waals surface area contributed by atoms with Crippen LogP contribution in [0.3, 0.4) is 0 Å². The Kier molecular flexibility index (Phi) is 7.99. The average molecular weight is 391 g/mol. The Bertz CT molecular complexity index is 681. The van der Waals surface area contributed by atoms with Crippen LogP contribution in [0.1, 0.15) is 32.3 Å². The lowest BCUT2D eigenvalue weighted by Gasteiger charge is -2.33. The number of ether oxygens (including phenoxy) is 1. The molecule has 7 nitrogen and oxygen atoms in total. The third kappa shape index (κ3) is 6.05. The predicted octanol–water partition coefficient (Wildman–Crippen LogP) is 0.638. The number of anilines is 1. The van der Waals surface area contributed by atoms with Gasteiger partial charge in [0.1, 0.15) is 0 Å². The van der Waals surface area contributed by atoms with Gasteiger partial charge < -0.3 is 19.9 Å². The largest absolute Gasteiger partial charge is 0.466 e. The van der Waals surface area contributed by atoms with Crippen molar-refractivity contribution in [2.75, 3.05) is 38.6 Å². The quantitative estimate of drug-likeness (QED) is 0.670. The Labute approximate surface area is 167 Å². The van der Waals surface area contributed by atoms with Gasteiger partial charge in [0.25, 0.3) is 11.8 Å². The number of rotatable bonds is 7. The third-order valence-electron chi connectivity index (χ3n) is 5.31. The fourth-order valence-electron chi connectivity index (χ4n) is 3.33. The van der Waals surface area contributed by atoms with Crippen molar-refractivity contribution < 1.29 is 24.0 Å². The molecule has 1 aliphatic rings. The predicted molar refractivity (Wildman–Crippen MR) is 107 cm³/mol. The lowest BCUT2D eigenvalue weighted by Crippen LogP contribution is -3.15. The number of esters is 1. The molecule has 0 bridgehead atoms. The average Bonchev–Trinajstić information content (AvgIpc) is 2.68. The number of quaternary nitrogens is 1. The van der Waals surface area contributed by atoms with Crippen LogP contribution in [-0.2, 0) is 19.1 Å². The zero-order chi connectivity index (χ0) is 20.7. The number of carbonyl (C=O) groups is 3. The first-order valence-electron chi connectivity index (χ1n) is 9.96. The Morgan fingerprint density at radius 3 is 2.39 bits per heavy atom. The molecule has 2 atom stereocenters. The van der Waals surface area contributed by atoms with Gasteiger partial charge in [-0.3, -0.25) is 14.4 Å². The van der Waals surface area contributed by atoms with Gasteiger partial charge in [0.15, 0.2) is 12.6 Å². The van der Waals surface area contributed by atoms with Crippen LogP contribution in [0.15, 0.2) is 24.3 Å². The molecule has 1 aliphatic heterocycles. The van der Waals surface area contributed by atoms with E-state index in [1.165, 1.54) is 0 Å². The van der Waals surface area contributed by atoms with Crippen LogP contribution in [0, 0.1) is 12.8 Å². The second kappa shape index (κ2) is 10.2. The summed E-state index contributed by atoms with van der Waals surface area (Å²) in [6.45, 7) is 7.32. The molecule has 154 valence electrons. The molecule has 2 rings (SSSR count). The molecule has 1 aromatic carbocycles. The first-order valence-corrected chi connectivity index (χ1v) is 9.96. The van der Waals surface area contributed by atoms with Crippen molar-refractivity contribution in [1.82, 2.24) is 4.90 Å². The number of nitrogens with one attached hydrogen (secondary N) is 2. The summed E-state index contributed by atoms with van der Waals surface area (Å²) in [5.41, 5.74) is 1.88. The molecule has 2 N–H and O–H groups in total. The van der Waals surface area contributed by atoms with Gasteiger partial charge in [-0.25, -0.2) is 0 Å². The molecular weight excluding hydrogens is 358 g/mol. The summed E-state index contributed by atoms with van der Waals surface area (Å²) in [4.78, 5) is 39.5. The molecule has 2 amide bonds. The normalized spacial score (nSPS) is 16.9. The third-order valence-corrected chi connectivity index (χ3v) is 5.31. The van der Waals surface area contributed by atoms with Crippen molar-refractivity contribution in [2.45, 2.75) is 39.7 Å². The van der Waals surface area contributed by atoms with Crippen LogP contribution < -0.4 is 10.2 Å². The summed E-state index contributed by atoms with van der Waals surface area (Å²) in [6, 6.07) is 7.29. The van der Waals surface area contributed by atoms with Gasteiger partial charge in [0.05, 0.1) is 19.6 Å². The van der Waals surface area contributed by atoms with Gasteiger partial charge >= 0.3 is 5.97 Å². The fourth-order valence-corrected chi connectivity index (χ4v) is 3.33. The lowest BCUT2D eigenvalue weighted by atomic mass is 9.96. The van der Waals surface area contributed by atoms with E-state index in [4.69, 9.17) is 4.74 Å². The van der Waals surface area contributed by atoms with Crippen LogP contribution in [0.5, 0.6) is 0 Å². The summed E-state index contributed by atoms with van der Waals surface area (Å²) in [6.07, 6.45) is 1.26. The maximum atomic E-state index is 12.8. The van der Waals surface area contributed by atoms with Crippen molar-refractivity contribution in [2.24, 2.45) is 5.92 Å². The molecule has 0 spiro atoms. The topological polar surface area (TPSA) is 80.2 Å². The number of nitrogens with zero attached hydrogens (tertiary/aromatic N) is 1. The van der Waals surface area contributed by atoms with E-state index in [1.54, 1.807) is 11.8 Å². The number of hydrogen-bond acceptors (Lipinski definition) is 4. The van der Waals surface area contributed by atoms with E-state index in [-0.39, 0.29) is 36.3 Å². The van der Waals surface area contributed by atoms with E-state index < -0.39 is 0 Å². The molecule has 1 heterocycles. The van der Waals surface area contributed by atoms with Crippen molar-refractivity contribution in [1.29, 1.82) is 0 Å². The molecule has 0 aromatic heterocycles. The summed E-state index contributed by atoms with van der Waals surface area (Å²) in [5, 5.41) is 2.87. The Morgan fingerprint density at radius 2 is 1.82 bits per heavy atom. The summed E-state index contributed by atoms with van der Waals surface area (Å²) < 4.78 is 5.07. The van der Waals surface area contributed by atoms with E-state index in [1.807, 2.05) is 45.2 Å². The van der Waals surface area contributed by atoms with Crippen molar-refractivity contribution in [3.05, 3.63) is 29.8 Å². The maximum Gasteiger partial charge on any atom is 0.309 e. The van der Waals surface area contributed by atoms with Crippen LogP contribution in [0.25, 0.3) is 0 Å². The SMILES string of the molecule is CCOC(=O)C1CCN(C(=O)[C@@H](C)[NH+](C)CC(=O)Nc2ccc(C)cc2)CC1. The van der Waals surface area contributed by atoms with Crippen LogP contribution in [0.4, 0.5) is 5.69 Å². The fraction of sp³-hybridized carbons (Fsp3) is 0.571. The minimum absolute atomic E-state index is 0.0166. The molecule has 1 saturated heterocycles. The second-order valence-electron chi connectivity index (χ2n) is 7.51. The standard InChI is InChI=1S/C21H31N3O4/c1-5-28-21(27)17-10-12-24(13-11-17)20(26)16(3)23(4)14-19(25)22-18-8-6-15(2)7-9-18/h6-9,16-17H,5,10-14H2,1-4H3,(H,22,25)/p+1/t16-/m1/s1. The molecule has 7 heteroatoms. The Morgan fingerprint density at radius 1 is 1.21 bits per heavy atom. The zero-order valence-electron chi connectivity index (χ0n) is 17.3. The van der Waals surface area contributed by atoms with Gasteiger partial charge in [0.2, 0.25) is 0 Å². The molecule has 1 fully saturated rings. The second-order valence-corrected chi connectivity index (χ2v) is 7.51. The summed E-state index contributed by atoms with van der Waals surface area (Å²) in [5.74, 6) is -0.396. The van der Waals surface area contributed by atoms with Crippen molar-refractivity contribution in [3.8, 4) is 0 Å². The van der Waals surface area contributed by atoms with Gasteiger partial charge in [-0.05, 0) is 45.7 Å². The lowest BCUT2D eigenvalue weighted by molar-refractivity contribution is -0.886. The number of likely N-dealkylation sites (tertiary alicyclic amines) is 1. The molecule has 1 aromatic rings. The highest BCUT2D eigenvalue weighted by Crippen LogP contribution is 2.19. The Balaban J connectivity index is 1.81. The van der Waals surface area contributed by atoms with Gasteiger partial charge in [0, 0.05) is 18.8 Å². The number of amides is 2. The highest BCUT2D eigenvalue weighted by atomic mass is 16.5. The number of carbonyl (C=O) groups excluding carboxylic acids is 3. The number of hydrogen-bond donors (Lipinski definition) is 2. The van der Waals surface area contributed by atoms with Crippen LogP contribution >= 0.6 is 0 Å². The number of likely N-dealkylation sites (N-methyl/N-ethyl adjacent to an activating group) is 1. The molecule has 1 unspecified atom stereocenters. The summed E-state index contributed by atoms with van der Waals surface area (Å²) >= 11 is 0. The smallest absolute Gasteiger partial charge is 0.309 e.